The molecule has 3 aromatic carbocycles. The first-order valence-electron chi connectivity index (χ1n) is 9.83. The van der Waals surface area contributed by atoms with Gasteiger partial charge in [-0.25, -0.2) is 9.97 Å². The fourth-order valence-electron chi connectivity index (χ4n) is 3.53. The van der Waals surface area contributed by atoms with Crippen molar-refractivity contribution in [2.24, 2.45) is 7.05 Å². The van der Waals surface area contributed by atoms with E-state index in [0.717, 1.165) is 21.3 Å². The number of rotatable bonds is 5. The monoisotopic (exact) mass is 443 g/mol. The number of thiazole rings is 1. The number of non-ortho nitro benzene ring substituents is 1. The minimum absolute atomic E-state index is 0.0825. The fourth-order valence-corrected chi connectivity index (χ4v) is 4.45. The molecule has 5 rings (SSSR count). The largest absolute Gasteiger partial charge is 0.301 e. The van der Waals surface area contributed by atoms with Crippen LogP contribution >= 0.6 is 11.3 Å². The summed E-state index contributed by atoms with van der Waals surface area (Å²) in [5.41, 5.74) is 3.51. The first kappa shape index (κ1) is 19.8. The maximum Gasteiger partial charge on any atom is 0.269 e. The lowest BCUT2D eigenvalue weighted by Gasteiger charge is -2.08. The van der Waals surface area contributed by atoms with E-state index in [9.17, 15) is 14.9 Å². The number of anilines is 2. The Morgan fingerprint density at radius 1 is 1.00 bits per heavy atom. The highest BCUT2D eigenvalue weighted by Gasteiger charge is 2.11. The van der Waals surface area contributed by atoms with Gasteiger partial charge in [0.05, 0.1) is 26.0 Å². The number of hydrogen-bond donors (Lipinski definition) is 1. The molecule has 1 N–H and O–H groups in total. The van der Waals surface area contributed by atoms with Gasteiger partial charge in [-0.2, -0.15) is 0 Å². The van der Waals surface area contributed by atoms with E-state index in [1.165, 1.54) is 28.0 Å². The van der Waals surface area contributed by atoms with Gasteiger partial charge in [0.1, 0.15) is 0 Å². The predicted octanol–water partition coefficient (Wildman–Crippen LogP) is 4.79. The summed E-state index contributed by atoms with van der Waals surface area (Å²) < 4.78 is 2.48. The Labute approximate surface area is 186 Å². The number of nitro benzene ring substituents is 1. The molecule has 0 saturated carbocycles. The summed E-state index contributed by atoms with van der Waals surface area (Å²) in [4.78, 5) is 32.2. The summed E-state index contributed by atoms with van der Waals surface area (Å²) in [6.07, 6.45) is 0.662. The molecule has 0 atom stereocenters. The molecule has 0 amide bonds. The van der Waals surface area contributed by atoms with Crippen molar-refractivity contribution in [1.29, 1.82) is 0 Å². The van der Waals surface area contributed by atoms with E-state index in [-0.39, 0.29) is 11.2 Å². The number of hydrogen-bond acceptors (Lipinski definition) is 7. The molecule has 0 aliphatic heterocycles. The number of nitro groups is 1. The quantitative estimate of drug-likeness (QED) is 0.310. The second kappa shape index (κ2) is 7.86. The summed E-state index contributed by atoms with van der Waals surface area (Å²) in [6.45, 7) is 0. The molecule has 2 heterocycles. The zero-order valence-electron chi connectivity index (χ0n) is 17.0. The van der Waals surface area contributed by atoms with Crippen LogP contribution in [0.4, 0.5) is 16.8 Å². The Hall–Kier alpha value is -4.11. The van der Waals surface area contributed by atoms with Crippen molar-refractivity contribution in [2.75, 3.05) is 5.32 Å². The van der Waals surface area contributed by atoms with Gasteiger partial charge in [-0.15, -0.1) is 0 Å². The molecule has 0 aliphatic carbocycles. The van der Waals surface area contributed by atoms with Crippen LogP contribution in [0.1, 0.15) is 11.1 Å². The fraction of sp³-hybridized carbons (Fsp3) is 0.0870. The van der Waals surface area contributed by atoms with Crippen LogP contribution in [-0.4, -0.2) is 19.5 Å². The van der Waals surface area contributed by atoms with Gasteiger partial charge in [0.25, 0.3) is 11.2 Å². The first-order valence-corrected chi connectivity index (χ1v) is 10.7. The minimum Gasteiger partial charge on any atom is -0.301 e. The van der Waals surface area contributed by atoms with E-state index in [0.29, 0.717) is 28.4 Å². The molecule has 0 radical (unpaired) electrons. The predicted molar refractivity (Wildman–Crippen MR) is 126 cm³/mol. The number of aromatic nitrogens is 3. The number of fused-ring (bicyclic) bond motifs is 2. The molecule has 8 nitrogen and oxygen atoms in total. The summed E-state index contributed by atoms with van der Waals surface area (Å²) in [5, 5.41) is 15.2. The molecular formula is C23H17N5O3S. The topological polar surface area (TPSA) is 103 Å². The standard InChI is InChI=1S/C23H17N5O3S/c1-27-21(29)17-4-2-3-5-18(17)24-22(27)26-23-25-19-11-8-15(13-20(19)32-23)12-14-6-9-16(10-7-14)28(30)31/h2-11,13H,12H2,1H3,(H,24,25,26). The van der Waals surface area contributed by atoms with Crippen molar-refractivity contribution in [3.05, 3.63) is 98.3 Å². The minimum atomic E-state index is -0.401. The summed E-state index contributed by atoms with van der Waals surface area (Å²) >= 11 is 1.48. The second-order valence-electron chi connectivity index (χ2n) is 7.36. The number of nitrogens with one attached hydrogen (secondary N) is 1. The van der Waals surface area contributed by atoms with E-state index in [2.05, 4.69) is 21.4 Å². The highest BCUT2D eigenvalue weighted by Crippen LogP contribution is 2.29. The van der Waals surface area contributed by atoms with E-state index in [1.54, 1.807) is 25.2 Å². The van der Waals surface area contributed by atoms with E-state index < -0.39 is 4.92 Å². The van der Waals surface area contributed by atoms with E-state index in [1.807, 2.05) is 30.3 Å². The Bertz CT molecular complexity index is 1540. The lowest BCUT2D eigenvalue weighted by atomic mass is 10.0. The molecule has 158 valence electrons. The summed E-state index contributed by atoms with van der Waals surface area (Å²) in [6, 6.07) is 19.8. The Morgan fingerprint density at radius 3 is 2.53 bits per heavy atom. The third-order valence-corrected chi connectivity index (χ3v) is 6.14. The zero-order chi connectivity index (χ0) is 22.2. The van der Waals surface area contributed by atoms with Crippen molar-refractivity contribution in [1.82, 2.24) is 14.5 Å². The van der Waals surface area contributed by atoms with Gasteiger partial charge in [-0.3, -0.25) is 19.5 Å². The maximum atomic E-state index is 12.6. The molecule has 0 spiro atoms. The van der Waals surface area contributed by atoms with E-state index in [4.69, 9.17) is 0 Å². The Balaban J connectivity index is 1.42. The van der Waals surface area contributed by atoms with E-state index >= 15 is 0 Å². The molecule has 9 heteroatoms. The normalized spacial score (nSPS) is 11.2. The SMILES string of the molecule is Cn1c(Nc2nc3ccc(Cc4ccc([N+](=O)[O-])cc4)cc3s2)nc2ccccc2c1=O. The summed E-state index contributed by atoms with van der Waals surface area (Å²) in [7, 11) is 1.68. The van der Waals surface area contributed by atoms with Gasteiger partial charge in [-0.05, 0) is 41.8 Å². The Kier molecular flexibility index (Phi) is 4.87. The number of benzene rings is 3. The average Bonchev–Trinajstić information content (AvgIpc) is 3.19. The molecule has 32 heavy (non-hydrogen) atoms. The van der Waals surface area contributed by atoms with Crippen molar-refractivity contribution < 1.29 is 4.92 Å². The molecule has 0 bridgehead atoms. The number of nitrogens with zero attached hydrogens (tertiary/aromatic N) is 4. The van der Waals surface area contributed by atoms with Gasteiger partial charge in [-0.1, -0.05) is 41.7 Å². The average molecular weight is 443 g/mol. The van der Waals surface area contributed by atoms with Gasteiger partial charge in [0, 0.05) is 19.2 Å². The summed E-state index contributed by atoms with van der Waals surface area (Å²) in [5.74, 6) is 0.429. The van der Waals surface area contributed by atoms with Crippen LogP contribution in [0.25, 0.3) is 21.1 Å². The van der Waals surface area contributed by atoms with Crippen LogP contribution in [0.5, 0.6) is 0 Å². The highest BCUT2D eigenvalue weighted by molar-refractivity contribution is 7.22. The van der Waals surface area contributed by atoms with Crippen LogP contribution in [-0.2, 0) is 13.5 Å². The lowest BCUT2D eigenvalue weighted by molar-refractivity contribution is -0.384. The lowest BCUT2D eigenvalue weighted by Crippen LogP contribution is -2.21. The van der Waals surface area contributed by atoms with Crippen LogP contribution in [0.15, 0.2) is 71.5 Å². The number of para-hydroxylation sites is 1. The first-order chi connectivity index (χ1) is 15.5. The van der Waals surface area contributed by atoms with Crippen LogP contribution < -0.4 is 10.9 Å². The third-order valence-electron chi connectivity index (χ3n) is 5.21. The van der Waals surface area contributed by atoms with Crippen molar-refractivity contribution in [3.8, 4) is 0 Å². The van der Waals surface area contributed by atoms with Crippen LogP contribution in [0.3, 0.4) is 0 Å². The molecule has 0 fully saturated rings. The molecule has 5 aromatic rings. The molecular weight excluding hydrogens is 426 g/mol. The van der Waals surface area contributed by atoms with Gasteiger partial charge in [0.2, 0.25) is 5.95 Å². The van der Waals surface area contributed by atoms with Crippen molar-refractivity contribution in [3.63, 3.8) is 0 Å². The maximum absolute atomic E-state index is 12.6. The van der Waals surface area contributed by atoms with Gasteiger partial charge < -0.3 is 5.32 Å². The van der Waals surface area contributed by atoms with Crippen molar-refractivity contribution >= 4 is 49.2 Å². The third kappa shape index (κ3) is 3.69. The highest BCUT2D eigenvalue weighted by atomic mass is 32.1. The van der Waals surface area contributed by atoms with Crippen molar-refractivity contribution in [2.45, 2.75) is 6.42 Å². The van der Waals surface area contributed by atoms with Crippen LogP contribution in [0, 0.1) is 10.1 Å². The Morgan fingerprint density at radius 2 is 1.75 bits per heavy atom. The second-order valence-corrected chi connectivity index (χ2v) is 8.39. The molecule has 0 aliphatic rings. The van der Waals surface area contributed by atoms with Gasteiger partial charge >= 0.3 is 0 Å². The molecule has 0 unspecified atom stereocenters. The van der Waals surface area contributed by atoms with Gasteiger partial charge in [0.15, 0.2) is 5.13 Å². The molecule has 0 saturated heterocycles. The van der Waals surface area contributed by atoms with Crippen LogP contribution in [0.2, 0.25) is 0 Å². The smallest absolute Gasteiger partial charge is 0.269 e. The zero-order valence-corrected chi connectivity index (χ0v) is 17.8. The molecule has 2 aromatic heterocycles.